The summed E-state index contributed by atoms with van der Waals surface area (Å²) in [6, 6.07) is 23.2. The highest BCUT2D eigenvalue weighted by Crippen LogP contribution is 2.39. The van der Waals surface area contributed by atoms with Gasteiger partial charge in [-0.25, -0.2) is 4.39 Å². The number of fused-ring (bicyclic) bond motifs is 4. The van der Waals surface area contributed by atoms with Crippen LogP contribution in [0.4, 0.5) is 4.39 Å². The van der Waals surface area contributed by atoms with Crippen LogP contribution in [0.2, 0.25) is 0 Å². The van der Waals surface area contributed by atoms with Crippen molar-refractivity contribution >= 4 is 32.9 Å². The van der Waals surface area contributed by atoms with Gasteiger partial charge in [-0.3, -0.25) is 4.79 Å². The molecule has 160 valence electrons. The predicted octanol–water partition coefficient (Wildman–Crippen LogP) is 6.10. The molecule has 0 unspecified atom stereocenters. The summed E-state index contributed by atoms with van der Waals surface area (Å²) in [6.45, 7) is 0.532. The number of aliphatic hydroxyl groups excluding tert-OH is 1. The number of nitrogens with zero attached hydrogens (tertiary/aromatic N) is 2. The Labute approximate surface area is 192 Å². The molecule has 0 saturated carbocycles. The molecule has 0 bridgehead atoms. The molecular weight excluding hydrogens is 435 g/mol. The molecule has 0 radical (unpaired) electrons. The minimum absolute atomic E-state index is 0.0398. The van der Waals surface area contributed by atoms with Crippen LogP contribution in [0.3, 0.4) is 0 Å². The average molecular weight is 453 g/mol. The van der Waals surface area contributed by atoms with Crippen molar-refractivity contribution in [3.8, 4) is 11.1 Å². The van der Waals surface area contributed by atoms with Crippen LogP contribution in [0.25, 0.3) is 32.7 Å². The maximum Gasteiger partial charge on any atom is 0.282 e. The SMILES string of the molecule is O=c1nc2n(c3scc(-c4ccccc4)c13)Cc1ccccc1/C2=C(/O)c1ccc(F)cc1. The third-order valence-electron chi connectivity index (χ3n) is 5.97. The standard InChI is InChI=1S/C27H17FN2O2S/c28-19-12-10-17(11-13-19)24(31)22-20-9-5-4-8-18(20)14-30-25(22)29-26(32)23-21(15-33-27(23)30)16-6-2-1-3-7-16/h1-13,15,31H,14H2/b24-22-. The van der Waals surface area contributed by atoms with E-state index in [4.69, 9.17) is 0 Å². The van der Waals surface area contributed by atoms with Crippen molar-refractivity contribution in [1.29, 1.82) is 0 Å². The van der Waals surface area contributed by atoms with E-state index in [1.54, 1.807) is 0 Å². The van der Waals surface area contributed by atoms with Crippen LogP contribution in [0.15, 0.2) is 89.0 Å². The van der Waals surface area contributed by atoms with E-state index in [2.05, 4.69) is 4.98 Å². The molecule has 5 aromatic rings. The largest absolute Gasteiger partial charge is 0.507 e. The van der Waals surface area contributed by atoms with Crippen molar-refractivity contribution in [3.63, 3.8) is 0 Å². The molecule has 0 saturated heterocycles. The molecule has 3 aromatic carbocycles. The topological polar surface area (TPSA) is 55.1 Å². The first kappa shape index (κ1) is 19.6. The van der Waals surface area contributed by atoms with Crippen LogP contribution in [0.5, 0.6) is 0 Å². The maximum absolute atomic E-state index is 13.5. The smallest absolute Gasteiger partial charge is 0.282 e. The lowest BCUT2D eigenvalue weighted by atomic mass is 9.92. The predicted molar refractivity (Wildman–Crippen MR) is 130 cm³/mol. The van der Waals surface area contributed by atoms with Crippen LogP contribution >= 0.6 is 11.3 Å². The van der Waals surface area contributed by atoms with Gasteiger partial charge in [0, 0.05) is 16.5 Å². The summed E-state index contributed by atoms with van der Waals surface area (Å²) in [5.74, 6) is -0.0134. The van der Waals surface area contributed by atoms with Gasteiger partial charge in [-0.15, -0.1) is 11.3 Å². The zero-order chi connectivity index (χ0) is 22.5. The monoisotopic (exact) mass is 452 g/mol. The highest BCUT2D eigenvalue weighted by molar-refractivity contribution is 7.17. The number of thiophene rings is 1. The third kappa shape index (κ3) is 3.10. The first-order valence-corrected chi connectivity index (χ1v) is 11.3. The molecule has 1 N–H and O–H groups in total. The second-order valence-corrected chi connectivity index (χ2v) is 8.77. The zero-order valence-electron chi connectivity index (χ0n) is 17.3. The van der Waals surface area contributed by atoms with Gasteiger partial charge in [0.05, 0.1) is 17.5 Å². The van der Waals surface area contributed by atoms with E-state index in [0.717, 1.165) is 27.1 Å². The van der Waals surface area contributed by atoms with Crippen LogP contribution in [-0.4, -0.2) is 14.7 Å². The number of benzene rings is 3. The fourth-order valence-corrected chi connectivity index (χ4v) is 5.48. The molecule has 0 amide bonds. The van der Waals surface area contributed by atoms with E-state index in [1.807, 2.05) is 64.5 Å². The average Bonchev–Trinajstić information content (AvgIpc) is 3.30. The van der Waals surface area contributed by atoms with Crippen molar-refractivity contribution in [2.24, 2.45) is 0 Å². The molecule has 0 fully saturated rings. The first-order valence-electron chi connectivity index (χ1n) is 10.5. The Morgan fingerprint density at radius 3 is 2.45 bits per heavy atom. The van der Waals surface area contributed by atoms with Gasteiger partial charge in [0.25, 0.3) is 5.56 Å². The van der Waals surface area contributed by atoms with Gasteiger partial charge < -0.3 is 9.67 Å². The zero-order valence-corrected chi connectivity index (χ0v) is 18.1. The molecule has 0 aliphatic carbocycles. The molecule has 0 atom stereocenters. The number of aromatic nitrogens is 2. The van der Waals surface area contributed by atoms with Crippen molar-refractivity contribution in [2.45, 2.75) is 6.54 Å². The lowest BCUT2D eigenvalue weighted by Gasteiger charge is -2.25. The van der Waals surface area contributed by atoms with Crippen LogP contribution < -0.4 is 5.56 Å². The molecule has 3 heterocycles. The van der Waals surface area contributed by atoms with Gasteiger partial charge in [0.1, 0.15) is 22.2 Å². The normalized spacial score (nSPS) is 14.1. The molecule has 2 aromatic heterocycles. The van der Waals surface area contributed by atoms with Gasteiger partial charge in [-0.2, -0.15) is 4.98 Å². The summed E-state index contributed by atoms with van der Waals surface area (Å²) in [5.41, 5.74) is 4.23. The summed E-state index contributed by atoms with van der Waals surface area (Å²) >= 11 is 1.49. The third-order valence-corrected chi connectivity index (χ3v) is 6.97. The number of halogens is 1. The summed E-state index contributed by atoms with van der Waals surface area (Å²) in [6.07, 6.45) is 0. The van der Waals surface area contributed by atoms with E-state index in [1.165, 1.54) is 35.6 Å². The van der Waals surface area contributed by atoms with E-state index in [9.17, 15) is 14.3 Å². The van der Waals surface area contributed by atoms with E-state index < -0.39 is 0 Å². The maximum atomic E-state index is 13.5. The summed E-state index contributed by atoms with van der Waals surface area (Å²) in [4.78, 5) is 18.6. The lowest BCUT2D eigenvalue weighted by molar-refractivity contribution is 0.512. The highest BCUT2D eigenvalue weighted by Gasteiger charge is 2.28. The Morgan fingerprint density at radius 1 is 0.939 bits per heavy atom. The molecule has 6 heteroatoms. The summed E-state index contributed by atoms with van der Waals surface area (Å²) in [5, 5.41) is 13.8. The fourth-order valence-electron chi connectivity index (χ4n) is 4.41. The van der Waals surface area contributed by atoms with Gasteiger partial charge in [-0.1, -0.05) is 54.6 Å². The van der Waals surface area contributed by atoms with Crippen molar-refractivity contribution in [1.82, 2.24) is 9.55 Å². The minimum Gasteiger partial charge on any atom is -0.507 e. The Hall–Kier alpha value is -4.03. The van der Waals surface area contributed by atoms with Gasteiger partial charge in [0.2, 0.25) is 0 Å². The Morgan fingerprint density at radius 2 is 1.67 bits per heavy atom. The summed E-state index contributed by atoms with van der Waals surface area (Å²) < 4.78 is 15.5. The molecule has 6 rings (SSSR count). The minimum atomic E-state index is -0.385. The lowest BCUT2D eigenvalue weighted by Crippen LogP contribution is -2.23. The number of hydrogen-bond acceptors (Lipinski definition) is 4. The second kappa shape index (κ2) is 7.53. The van der Waals surface area contributed by atoms with Gasteiger partial charge >= 0.3 is 0 Å². The molecule has 33 heavy (non-hydrogen) atoms. The fraction of sp³-hybridized carbons (Fsp3) is 0.0370. The number of rotatable bonds is 2. The molecule has 0 spiro atoms. The van der Waals surface area contributed by atoms with Gasteiger partial charge in [0.15, 0.2) is 0 Å². The van der Waals surface area contributed by atoms with Crippen molar-refractivity contribution < 1.29 is 9.50 Å². The second-order valence-electron chi connectivity index (χ2n) is 7.91. The molecule has 1 aliphatic rings. The quantitative estimate of drug-likeness (QED) is 0.323. The molecule has 1 aliphatic heterocycles. The van der Waals surface area contributed by atoms with Gasteiger partial charge in [-0.05, 0) is 41.0 Å². The Bertz CT molecular complexity index is 1620. The summed E-state index contributed by atoms with van der Waals surface area (Å²) in [7, 11) is 0. The first-order chi connectivity index (χ1) is 16.1. The van der Waals surface area contributed by atoms with Crippen LogP contribution in [-0.2, 0) is 6.54 Å². The number of hydrogen-bond donors (Lipinski definition) is 1. The van der Waals surface area contributed by atoms with Crippen molar-refractivity contribution in [2.75, 3.05) is 0 Å². The van der Waals surface area contributed by atoms with Crippen LogP contribution in [0, 0.1) is 5.82 Å². The number of aliphatic hydroxyl groups is 1. The molecule has 4 nitrogen and oxygen atoms in total. The Kier molecular flexibility index (Phi) is 4.48. The van der Waals surface area contributed by atoms with Crippen LogP contribution in [0.1, 0.15) is 22.5 Å². The van der Waals surface area contributed by atoms with Crippen molar-refractivity contribution in [3.05, 3.63) is 123 Å². The van der Waals surface area contributed by atoms with E-state index >= 15 is 0 Å². The highest BCUT2D eigenvalue weighted by atomic mass is 32.1. The molecular formula is C27H17FN2O2S. The Balaban J connectivity index is 1.67. The van der Waals surface area contributed by atoms with E-state index in [0.29, 0.717) is 28.9 Å². The van der Waals surface area contributed by atoms with E-state index in [-0.39, 0.29) is 17.1 Å².